The SMILES string of the molecule is CC/C=C\C/C=C\C/C=C\C/C=C\CCCCCCC(=O)OC(COCCCCCCCCCCCCCC)COP(=O)(O)OC1C(O)C(O)C(O)C(O)C1O. The van der Waals surface area contributed by atoms with Crippen LogP contribution >= 0.6 is 7.82 Å². The quantitative estimate of drug-likeness (QED) is 0.0156. The number of unbranched alkanes of at least 4 members (excludes halogenated alkanes) is 15. The lowest BCUT2D eigenvalue weighted by molar-refractivity contribution is -0.220. The molecule has 1 aliphatic rings. The second-order valence-electron chi connectivity index (χ2n) is 14.8. The maximum Gasteiger partial charge on any atom is 0.472 e. The Bertz CT molecular complexity index is 1110. The minimum Gasteiger partial charge on any atom is -0.457 e. The highest BCUT2D eigenvalue weighted by Gasteiger charge is 2.51. The van der Waals surface area contributed by atoms with E-state index in [1.807, 2.05) is 0 Å². The second-order valence-corrected chi connectivity index (χ2v) is 16.2. The van der Waals surface area contributed by atoms with Gasteiger partial charge in [0.2, 0.25) is 0 Å². The first kappa shape index (κ1) is 52.3. The summed E-state index contributed by atoms with van der Waals surface area (Å²) < 4.78 is 34.1. The van der Waals surface area contributed by atoms with E-state index in [0.717, 1.165) is 70.6 Å². The van der Waals surface area contributed by atoms with Crippen LogP contribution in [0.4, 0.5) is 0 Å². The molecule has 0 aromatic carbocycles. The number of aliphatic hydroxyl groups is 5. The zero-order chi connectivity index (χ0) is 41.3. The van der Waals surface area contributed by atoms with Crippen LogP contribution in [0.2, 0.25) is 0 Å². The molecular weight excluding hydrogens is 739 g/mol. The van der Waals surface area contributed by atoms with E-state index >= 15 is 0 Å². The second kappa shape index (κ2) is 34.2. The average Bonchev–Trinajstić information content (AvgIpc) is 3.18. The summed E-state index contributed by atoms with van der Waals surface area (Å²) in [5.41, 5.74) is 0. The summed E-state index contributed by atoms with van der Waals surface area (Å²) in [5, 5.41) is 50.1. The van der Waals surface area contributed by atoms with Crippen LogP contribution < -0.4 is 0 Å². The van der Waals surface area contributed by atoms with Crippen molar-refractivity contribution < 1.29 is 58.3 Å². The molecule has 1 rings (SSSR count). The predicted octanol–water partition coefficient (Wildman–Crippen LogP) is 8.08. The molecule has 6 atom stereocenters. The number of allylic oxidation sites excluding steroid dienone is 8. The van der Waals surface area contributed by atoms with Crippen LogP contribution in [-0.4, -0.2) is 98.9 Å². The Kier molecular flexibility index (Phi) is 31.9. The molecule has 0 aromatic heterocycles. The van der Waals surface area contributed by atoms with Crippen LogP contribution in [0.3, 0.4) is 0 Å². The number of carbonyl (C=O) groups is 1. The van der Waals surface area contributed by atoms with Crippen LogP contribution in [0.15, 0.2) is 48.6 Å². The van der Waals surface area contributed by atoms with E-state index in [1.165, 1.54) is 57.8 Å². The minimum atomic E-state index is -5.02. The van der Waals surface area contributed by atoms with Crippen molar-refractivity contribution in [2.75, 3.05) is 19.8 Å². The molecule has 0 heterocycles. The molecule has 0 saturated heterocycles. The van der Waals surface area contributed by atoms with E-state index in [1.54, 1.807) is 0 Å². The van der Waals surface area contributed by atoms with Crippen molar-refractivity contribution >= 4 is 13.8 Å². The number of phosphoric acid groups is 1. The summed E-state index contributed by atoms with van der Waals surface area (Å²) in [5.74, 6) is -0.501. The third-order valence-electron chi connectivity index (χ3n) is 9.72. The van der Waals surface area contributed by atoms with Crippen LogP contribution in [-0.2, 0) is 27.9 Å². The molecule has 13 heteroatoms. The number of aliphatic hydroxyl groups excluding tert-OH is 5. The fourth-order valence-electron chi connectivity index (χ4n) is 6.29. The van der Waals surface area contributed by atoms with E-state index in [0.29, 0.717) is 13.0 Å². The van der Waals surface area contributed by atoms with E-state index in [2.05, 4.69) is 62.5 Å². The largest absolute Gasteiger partial charge is 0.472 e. The van der Waals surface area contributed by atoms with Crippen molar-refractivity contribution in [1.82, 2.24) is 0 Å². The number of hydrogen-bond donors (Lipinski definition) is 6. The number of esters is 1. The minimum absolute atomic E-state index is 0.0864. The van der Waals surface area contributed by atoms with Gasteiger partial charge < -0.3 is 39.9 Å². The van der Waals surface area contributed by atoms with Gasteiger partial charge in [-0.1, -0.05) is 146 Å². The van der Waals surface area contributed by atoms with Crippen molar-refractivity contribution in [3.63, 3.8) is 0 Å². The van der Waals surface area contributed by atoms with Gasteiger partial charge in [-0.3, -0.25) is 13.8 Å². The molecule has 0 aliphatic heterocycles. The fraction of sp³-hybridized carbons (Fsp3) is 0.791. The molecule has 326 valence electrons. The number of carbonyl (C=O) groups excluding carboxylic acids is 1. The van der Waals surface area contributed by atoms with Crippen molar-refractivity contribution in [3.05, 3.63) is 48.6 Å². The van der Waals surface area contributed by atoms with E-state index in [-0.39, 0.29) is 13.0 Å². The highest BCUT2D eigenvalue weighted by atomic mass is 31.2. The van der Waals surface area contributed by atoms with Crippen LogP contribution in [0.25, 0.3) is 0 Å². The molecule has 0 radical (unpaired) electrons. The van der Waals surface area contributed by atoms with Crippen molar-refractivity contribution in [2.24, 2.45) is 0 Å². The molecule has 6 N–H and O–H groups in total. The Morgan fingerprint density at radius 3 is 1.61 bits per heavy atom. The van der Waals surface area contributed by atoms with Gasteiger partial charge in [-0.25, -0.2) is 4.57 Å². The molecule has 12 nitrogen and oxygen atoms in total. The van der Waals surface area contributed by atoms with Gasteiger partial charge in [-0.05, 0) is 51.4 Å². The molecule has 6 unspecified atom stereocenters. The molecule has 0 aromatic rings. The smallest absolute Gasteiger partial charge is 0.457 e. The molecule has 1 aliphatic carbocycles. The third-order valence-corrected chi connectivity index (χ3v) is 10.7. The average molecular weight is 817 g/mol. The summed E-state index contributed by atoms with van der Waals surface area (Å²) in [4.78, 5) is 23.1. The lowest BCUT2D eigenvalue weighted by Crippen LogP contribution is -2.64. The maximum absolute atomic E-state index is 12.8. The molecular formula is C43H77O12P. The van der Waals surface area contributed by atoms with Crippen molar-refractivity contribution in [2.45, 2.75) is 198 Å². The highest BCUT2D eigenvalue weighted by Crippen LogP contribution is 2.47. The van der Waals surface area contributed by atoms with Gasteiger partial charge >= 0.3 is 13.8 Å². The molecule has 0 bridgehead atoms. The lowest BCUT2D eigenvalue weighted by Gasteiger charge is -2.41. The summed E-state index contributed by atoms with van der Waals surface area (Å²) in [6.07, 6.45) is 27.5. The first-order chi connectivity index (χ1) is 27.0. The Morgan fingerprint density at radius 1 is 0.589 bits per heavy atom. The number of ether oxygens (including phenoxy) is 2. The van der Waals surface area contributed by atoms with E-state index in [9.17, 15) is 39.8 Å². The van der Waals surface area contributed by atoms with Gasteiger partial charge in [0.1, 0.15) is 42.7 Å². The first-order valence-corrected chi connectivity index (χ1v) is 23.0. The molecule has 0 spiro atoms. The van der Waals surface area contributed by atoms with Crippen molar-refractivity contribution in [1.29, 1.82) is 0 Å². The number of phosphoric ester groups is 1. The topological polar surface area (TPSA) is 192 Å². The monoisotopic (exact) mass is 817 g/mol. The molecule has 1 fully saturated rings. The Morgan fingerprint density at radius 2 is 1.05 bits per heavy atom. The molecule has 1 saturated carbocycles. The Hall–Kier alpha value is -1.70. The normalized spacial score (nSPS) is 23.5. The zero-order valence-corrected chi connectivity index (χ0v) is 35.3. The predicted molar refractivity (Wildman–Crippen MR) is 221 cm³/mol. The number of rotatable bonds is 35. The molecule has 0 amide bonds. The molecule has 56 heavy (non-hydrogen) atoms. The van der Waals surface area contributed by atoms with Gasteiger partial charge in [0, 0.05) is 13.0 Å². The zero-order valence-electron chi connectivity index (χ0n) is 34.4. The van der Waals surface area contributed by atoms with Gasteiger partial charge in [0.25, 0.3) is 0 Å². The number of hydrogen-bond acceptors (Lipinski definition) is 11. The summed E-state index contributed by atoms with van der Waals surface area (Å²) in [6, 6.07) is 0. The van der Waals surface area contributed by atoms with Crippen LogP contribution in [0, 0.1) is 0 Å². The first-order valence-electron chi connectivity index (χ1n) is 21.5. The fourth-order valence-corrected chi connectivity index (χ4v) is 7.26. The summed E-state index contributed by atoms with van der Waals surface area (Å²) >= 11 is 0. The Balaban J connectivity index is 2.45. The summed E-state index contributed by atoms with van der Waals surface area (Å²) in [7, 11) is -5.02. The van der Waals surface area contributed by atoms with Crippen LogP contribution in [0.5, 0.6) is 0 Å². The van der Waals surface area contributed by atoms with E-state index in [4.69, 9.17) is 18.5 Å². The van der Waals surface area contributed by atoms with Gasteiger partial charge in [0.15, 0.2) is 0 Å². The van der Waals surface area contributed by atoms with Crippen LogP contribution in [0.1, 0.15) is 155 Å². The van der Waals surface area contributed by atoms with E-state index < -0.39 is 63.1 Å². The Labute approximate surface area is 337 Å². The van der Waals surface area contributed by atoms with Crippen molar-refractivity contribution in [3.8, 4) is 0 Å². The van der Waals surface area contributed by atoms with Gasteiger partial charge in [-0.2, -0.15) is 0 Å². The van der Waals surface area contributed by atoms with Gasteiger partial charge in [-0.15, -0.1) is 0 Å². The standard InChI is InChI=1S/C43H77O12P/c1-3-5-7-9-11-13-15-17-18-19-20-21-22-24-26-28-30-32-37(44)54-36(34-52-33-31-29-27-25-23-16-14-12-10-8-6-4-2)35-53-56(50,51)55-43-41(48)39(46)38(45)40(47)42(43)49/h5,7,11,13,17-18,20-21,36,38-43,45-49H,3-4,6,8-10,12,14-16,19,22-35H2,1-2H3,(H,50,51)/b7-5-,13-11-,18-17-,21-20-. The van der Waals surface area contributed by atoms with Gasteiger partial charge in [0.05, 0.1) is 13.2 Å². The highest BCUT2D eigenvalue weighted by molar-refractivity contribution is 7.47. The lowest BCUT2D eigenvalue weighted by atomic mass is 9.85. The third kappa shape index (κ3) is 26.3. The maximum atomic E-state index is 12.8. The summed E-state index contributed by atoms with van der Waals surface area (Å²) in [6.45, 7) is 4.10.